The van der Waals surface area contributed by atoms with Gasteiger partial charge in [-0.25, -0.2) is 12.8 Å². The van der Waals surface area contributed by atoms with Crippen LogP contribution in [0.3, 0.4) is 0 Å². The topological polar surface area (TPSA) is 78.9 Å². The first kappa shape index (κ1) is 21.8. The van der Waals surface area contributed by atoms with Crippen molar-refractivity contribution in [1.82, 2.24) is 14.5 Å². The molecule has 8 nitrogen and oxygen atoms in total. The van der Waals surface area contributed by atoms with Gasteiger partial charge in [-0.1, -0.05) is 0 Å². The van der Waals surface area contributed by atoms with Crippen molar-refractivity contribution in [1.29, 1.82) is 0 Å². The number of piperazine rings is 1. The Balaban J connectivity index is 1.39. The third-order valence-electron chi connectivity index (χ3n) is 5.72. The summed E-state index contributed by atoms with van der Waals surface area (Å²) in [5.41, 5.74) is 0. The van der Waals surface area contributed by atoms with Crippen molar-refractivity contribution in [2.75, 3.05) is 55.7 Å². The van der Waals surface area contributed by atoms with Crippen molar-refractivity contribution in [2.45, 2.75) is 31.1 Å². The molecule has 0 unspecified atom stereocenters. The van der Waals surface area contributed by atoms with Gasteiger partial charge in [0.25, 0.3) is 0 Å². The van der Waals surface area contributed by atoms with Crippen LogP contribution in [0, 0.1) is 5.82 Å². The molecule has 2 aromatic rings. The van der Waals surface area contributed by atoms with Crippen LogP contribution in [0.2, 0.25) is 0 Å². The van der Waals surface area contributed by atoms with Gasteiger partial charge >= 0.3 is 0 Å². The number of aromatic nitrogens is 2. The molecule has 0 amide bonds. The van der Waals surface area contributed by atoms with Gasteiger partial charge in [-0.05, 0) is 56.5 Å². The molecule has 2 aliphatic heterocycles. The molecule has 31 heavy (non-hydrogen) atoms. The lowest BCUT2D eigenvalue weighted by Crippen LogP contribution is -2.49. The Morgan fingerprint density at radius 1 is 0.903 bits per heavy atom. The average Bonchev–Trinajstić information content (AvgIpc) is 2.81. The fourth-order valence-electron chi connectivity index (χ4n) is 4.00. The number of hydrogen-bond acceptors (Lipinski definition) is 7. The van der Waals surface area contributed by atoms with Gasteiger partial charge in [-0.3, -0.25) is 0 Å². The molecule has 0 bridgehead atoms. The van der Waals surface area contributed by atoms with E-state index >= 15 is 0 Å². The maximum absolute atomic E-state index is 14.2. The maximum atomic E-state index is 14.2. The number of sulfonamides is 1. The first-order valence-corrected chi connectivity index (χ1v) is 12.2. The molecule has 168 valence electrons. The second kappa shape index (κ2) is 9.35. The zero-order chi connectivity index (χ0) is 21.8. The highest BCUT2D eigenvalue weighted by molar-refractivity contribution is 7.89. The molecule has 0 atom stereocenters. The van der Waals surface area contributed by atoms with E-state index in [4.69, 9.17) is 4.74 Å². The number of ether oxygens (including phenoxy) is 1. The zero-order valence-corrected chi connectivity index (χ0v) is 18.5. The first-order valence-electron chi connectivity index (χ1n) is 10.7. The minimum Gasteiger partial charge on any atom is -0.491 e. The van der Waals surface area contributed by atoms with E-state index in [0.29, 0.717) is 32.8 Å². The fraction of sp³-hybridized carbons (Fsp3) is 0.524. The van der Waals surface area contributed by atoms with Crippen LogP contribution in [0.4, 0.5) is 16.0 Å². The smallest absolute Gasteiger partial charge is 0.243 e. The van der Waals surface area contributed by atoms with E-state index in [-0.39, 0.29) is 10.6 Å². The van der Waals surface area contributed by atoms with Crippen LogP contribution in [0.5, 0.6) is 5.75 Å². The molecule has 0 aliphatic carbocycles. The van der Waals surface area contributed by atoms with Gasteiger partial charge in [-0.2, -0.15) is 4.31 Å². The lowest BCUT2D eigenvalue weighted by atomic mass is 10.1. The van der Waals surface area contributed by atoms with Crippen molar-refractivity contribution >= 4 is 21.7 Å². The average molecular weight is 450 g/mol. The molecule has 2 aliphatic rings. The summed E-state index contributed by atoms with van der Waals surface area (Å²) in [4.78, 5) is 4.21. The molecule has 10 heteroatoms. The molecule has 0 spiro atoms. The van der Waals surface area contributed by atoms with Gasteiger partial charge in [0.05, 0.1) is 11.5 Å². The molecule has 0 saturated carbocycles. The van der Waals surface area contributed by atoms with Gasteiger partial charge in [0.2, 0.25) is 10.0 Å². The van der Waals surface area contributed by atoms with Crippen LogP contribution >= 0.6 is 0 Å². The molecule has 4 rings (SSSR count). The summed E-state index contributed by atoms with van der Waals surface area (Å²) in [5, 5.41) is 8.74. The molecule has 2 saturated heterocycles. The van der Waals surface area contributed by atoms with E-state index < -0.39 is 15.8 Å². The molecular weight excluding hydrogens is 421 g/mol. The number of hydrogen-bond donors (Lipinski definition) is 0. The summed E-state index contributed by atoms with van der Waals surface area (Å²) >= 11 is 0. The van der Waals surface area contributed by atoms with Crippen molar-refractivity contribution in [2.24, 2.45) is 0 Å². The molecule has 3 heterocycles. The number of halogens is 1. The minimum atomic E-state index is -3.77. The van der Waals surface area contributed by atoms with Crippen LogP contribution in [0.15, 0.2) is 35.2 Å². The maximum Gasteiger partial charge on any atom is 0.243 e. The Morgan fingerprint density at radius 3 is 2.06 bits per heavy atom. The monoisotopic (exact) mass is 449 g/mol. The van der Waals surface area contributed by atoms with Crippen molar-refractivity contribution in [3.05, 3.63) is 36.1 Å². The van der Waals surface area contributed by atoms with E-state index in [9.17, 15) is 12.8 Å². The molecule has 1 aromatic heterocycles. The Morgan fingerprint density at radius 2 is 1.52 bits per heavy atom. The Bertz CT molecular complexity index is 989. The van der Waals surface area contributed by atoms with Crippen LogP contribution in [-0.4, -0.2) is 68.8 Å². The Hall–Kier alpha value is -2.46. The van der Waals surface area contributed by atoms with Gasteiger partial charge in [0.1, 0.15) is 0 Å². The molecule has 2 fully saturated rings. The van der Waals surface area contributed by atoms with Crippen molar-refractivity contribution in [3.8, 4) is 5.75 Å². The lowest BCUT2D eigenvalue weighted by molar-refractivity contribution is 0.321. The largest absolute Gasteiger partial charge is 0.491 e. The van der Waals surface area contributed by atoms with E-state index in [0.717, 1.165) is 30.8 Å². The normalized spacial score (nSPS) is 18.3. The van der Waals surface area contributed by atoms with Crippen molar-refractivity contribution in [3.63, 3.8) is 0 Å². The number of nitrogens with zero attached hydrogens (tertiary/aromatic N) is 5. The quantitative estimate of drug-likeness (QED) is 0.671. The number of benzene rings is 1. The van der Waals surface area contributed by atoms with Crippen LogP contribution in [0.25, 0.3) is 0 Å². The summed E-state index contributed by atoms with van der Waals surface area (Å²) < 4.78 is 46.6. The Labute approximate surface area is 182 Å². The van der Waals surface area contributed by atoms with Gasteiger partial charge < -0.3 is 14.5 Å². The second-order valence-electron chi connectivity index (χ2n) is 7.71. The first-order chi connectivity index (χ1) is 15.0. The predicted octanol–water partition coefficient (Wildman–Crippen LogP) is 2.52. The van der Waals surface area contributed by atoms with Crippen LogP contribution < -0.4 is 14.5 Å². The predicted molar refractivity (Wildman–Crippen MR) is 117 cm³/mol. The van der Waals surface area contributed by atoms with Gasteiger partial charge in [0, 0.05) is 39.3 Å². The summed E-state index contributed by atoms with van der Waals surface area (Å²) in [7, 11) is -3.77. The minimum absolute atomic E-state index is 0.0536. The highest BCUT2D eigenvalue weighted by Crippen LogP contribution is 2.25. The second-order valence-corrected chi connectivity index (χ2v) is 9.65. The van der Waals surface area contributed by atoms with Crippen LogP contribution in [-0.2, 0) is 10.0 Å². The molecule has 1 aromatic carbocycles. The standard InChI is InChI=1S/C21H28FN5O3S/c1-2-30-19-7-6-17(16-18(19)22)31(28,29)27-14-12-26(13-15-27)21-9-8-20(23-24-21)25-10-4-3-5-11-25/h6-9,16H,2-5,10-15H2,1H3. The third kappa shape index (κ3) is 4.74. The van der Waals surface area contributed by atoms with Crippen LogP contribution in [0.1, 0.15) is 26.2 Å². The summed E-state index contributed by atoms with van der Waals surface area (Å²) in [5.74, 6) is 1.01. The summed E-state index contributed by atoms with van der Waals surface area (Å²) in [6.07, 6.45) is 3.62. The SMILES string of the molecule is CCOc1ccc(S(=O)(=O)N2CCN(c3ccc(N4CCCCC4)nn3)CC2)cc1F. The highest BCUT2D eigenvalue weighted by Gasteiger charge is 2.30. The Kier molecular flexibility index (Phi) is 6.57. The number of piperidine rings is 1. The molecule has 0 N–H and O–H groups in total. The zero-order valence-electron chi connectivity index (χ0n) is 17.7. The summed E-state index contributed by atoms with van der Waals surface area (Å²) in [6, 6.07) is 7.71. The van der Waals surface area contributed by atoms with Gasteiger partial charge in [0.15, 0.2) is 23.2 Å². The third-order valence-corrected chi connectivity index (χ3v) is 7.61. The molecular formula is C21H28FN5O3S. The number of anilines is 2. The highest BCUT2D eigenvalue weighted by atomic mass is 32.2. The van der Waals surface area contributed by atoms with E-state index in [2.05, 4.69) is 15.1 Å². The summed E-state index contributed by atoms with van der Waals surface area (Å²) in [6.45, 7) is 5.67. The van der Waals surface area contributed by atoms with Crippen molar-refractivity contribution < 1.29 is 17.5 Å². The number of rotatable bonds is 6. The van der Waals surface area contributed by atoms with E-state index in [1.54, 1.807) is 6.92 Å². The fourth-order valence-corrected chi connectivity index (χ4v) is 5.43. The van der Waals surface area contributed by atoms with E-state index in [1.807, 2.05) is 17.0 Å². The lowest BCUT2D eigenvalue weighted by Gasteiger charge is -2.34. The van der Waals surface area contributed by atoms with E-state index in [1.165, 1.54) is 35.7 Å². The molecule has 0 radical (unpaired) electrons. The van der Waals surface area contributed by atoms with Gasteiger partial charge in [-0.15, -0.1) is 10.2 Å².